The maximum Gasteiger partial charge on any atom is 0.155 e. The third-order valence-electron chi connectivity index (χ3n) is 2.13. The van der Waals surface area contributed by atoms with Crippen LogP contribution in [0.3, 0.4) is 0 Å². The number of allylic oxidation sites excluding steroid dienone is 1. The first-order valence-corrected chi connectivity index (χ1v) is 5.00. The van der Waals surface area contributed by atoms with Crippen LogP contribution in [0.15, 0.2) is 30.3 Å². The van der Waals surface area contributed by atoms with Gasteiger partial charge in [-0.2, -0.15) is 0 Å². The van der Waals surface area contributed by atoms with Gasteiger partial charge in [0, 0.05) is 6.42 Å². The maximum atomic E-state index is 11.2. The molecular formula is C13H16O. The SMILES string of the molecule is CCCC(=O)C=Cc1ccccc1C. The number of hydrogen-bond donors (Lipinski definition) is 0. The van der Waals surface area contributed by atoms with Crippen LogP contribution in [0, 0.1) is 6.92 Å². The number of aryl methyl sites for hydroxylation is 1. The zero-order valence-electron chi connectivity index (χ0n) is 8.79. The summed E-state index contributed by atoms with van der Waals surface area (Å²) in [5.41, 5.74) is 2.32. The van der Waals surface area contributed by atoms with E-state index in [1.807, 2.05) is 44.2 Å². The van der Waals surface area contributed by atoms with Crippen LogP contribution in [0.2, 0.25) is 0 Å². The minimum Gasteiger partial charge on any atom is -0.295 e. The lowest BCUT2D eigenvalue weighted by molar-refractivity contribution is -0.114. The van der Waals surface area contributed by atoms with Gasteiger partial charge < -0.3 is 0 Å². The van der Waals surface area contributed by atoms with Crippen molar-refractivity contribution in [3.63, 3.8) is 0 Å². The molecule has 0 unspecified atom stereocenters. The molecule has 0 aromatic heterocycles. The van der Waals surface area contributed by atoms with Crippen molar-refractivity contribution in [1.29, 1.82) is 0 Å². The average molecular weight is 188 g/mol. The monoisotopic (exact) mass is 188 g/mol. The lowest BCUT2D eigenvalue weighted by Crippen LogP contribution is -1.90. The summed E-state index contributed by atoms with van der Waals surface area (Å²) in [6, 6.07) is 8.05. The van der Waals surface area contributed by atoms with Crippen molar-refractivity contribution in [2.75, 3.05) is 0 Å². The molecule has 1 rings (SSSR count). The molecular weight excluding hydrogens is 172 g/mol. The first-order valence-electron chi connectivity index (χ1n) is 5.00. The van der Waals surface area contributed by atoms with Crippen molar-refractivity contribution < 1.29 is 4.79 Å². The second-order valence-corrected chi connectivity index (χ2v) is 3.41. The standard InChI is InChI=1S/C13H16O/c1-3-6-13(14)10-9-12-8-5-4-7-11(12)2/h4-5,7-10H,3,6H2,1-2H3. The maximum absolute atomic E-state index is 11.2. The highest BCUT2D eigenvalue weighted by Crippen LogP contribution is 2.09. The van der Waals surface area contributed by atoms with Crippen LogP contribution in [0.25, 0.3) is 6.08 Å². The van der Waals surface area contributed by atoms with Gasteiger partial charge >= 0.3 is 0 Å². The van der Waals surface area contributed by atoms with Crippen LogP contribution in [0.1, 0.15) is 30.9 Å². The molecule has 0 spiro atoms. The third kappa shape index (κ3) is 3.17. The molecule has 0 aliphatic rings. The van der Waals surface area contributed by atoms with Gasteiger partial charge in [-0.25, -0.2) is 0 Å². The number of hydrogen-bond acceptors (Lipinski definition) is 1. The largest absolute Gasteiger partial charge is 0.295 e. The van der Waals surface area contributed by atoms with E-state index >= 15 is 0 Å². The minimum atomic E-state index is 0.204. The van der Waals surface area contributed by atoms with E-state index < -0.39 is 0 Å². The van der Waals surface area contributed by atoms with E-state index in [1.165, 1.54) is 5.56 Å². The van der Waals surface area contributed by atoms with E-state index in [-0.39, 0.29) is 5.78 Å². The van der Waals surface area contributed by atoms with E-state index in [4.69, 9.17) is 0 Å². The number of benzene rings is 1. The molecule has 0 N–H and O–H groups in total. The Bertz CT molecular complexity index is 337. The summed E-state index contributed by atoms with van der Waals surface area (Å²) in [6.45, 7) is 4.06. The van der Waals surface area contributed by atoms with Crippen LogP contribution in [-0.4, -0.2) is 5.78 Å². The van der Waals surface area contributed by atoms with Crippen molar-refractivity contribution in [2.45, 2.75) is 26.7 Å². The molecule has 0 heterocycles. The highest BCUT2D eigenvalue weighted by molar-refractivity contribution is 5.93. The highest BCUT2D eigenvalue weighted by Gasteiger charge is 1.94. The summed E-state index contributed by atoms with van der Waals surface area (Å²) in [4.78, 5) is 11.2. The van der Waals surface area contributed by atoms with Crippen molar-refractivity contribution in [3.05, 3.63) is 41.5 Å². The summed E-state index contributed by atoms with van der Waals surface area (Å²) in [7, 11) is 0. The molecule has 1 nitrogen and oxygen atoms in total. The van der Waals surface area contributed by atoms with Crippen molar-refractivity contribution >= 4 is 11.9 Å². The van der Waals surface area contributed by atoms with Gasteiger partial charge in [0.2, 0.25) is 0 Å². The first kappa shape index (κ1) is 10.7. The Morgan fingerprint density at radius 3 is 2.71 bits per heavy atom. The molecule has 0 radical (unpaired) electrons. The first-order chi connectivity index (χ1) is 6.74. The van der Waals surface area contributed by atoms with Crippen LogP contribution in [-0.2, 0) is 4.79 Å². The number of ketones is 1. The summed E-state index contributed by atoms with van der Waals surface area (Å²) in [5, 5.41) is 0. The van der Waals surface area contributed by atoms with Gasteiger partial charge in [0.15, 0.2) is 5.78 Å². The zero-order chi connectivity index (χ0) is 10.4. The summed E-state index contributed by atoms with van der Waals surface area (Å²) < 4.78 is 0. The van der Waals surface area contributed by atoms with Crippen LogP contribution >= 0.6 is 0 Å². The smallest absolute Gasteiger partial charge is 0.155 e. The van der Waals surface area contributed by atoms with E-state index in [2.05, 4.69) is 0 Å². The van der Waals surface area contributed by atoms with E-state index in [1.54, 1.807) is 6.08 Å². The minimum absolute atomic E-state index is 0.204. The Morgan fingerprint density at radius 1 is 1.36 bits per heavy atom. The zero-order valence-corrected chi connectivity index (χ0v) is 8.79. The Hall–Kier alpha value is -1.37. The Kier molecular flexibility index (Phi) is 4.11. The average Bonchev–Trinajstić information content (AvgIpc) is 2.17. The lowest BCUT2D eigenvalue weighted by atomic mass is 10.1. The Morgan fingerprint density at radius 2 is 2.07 bits per heavy atom. The molecule has 0 fully saturated rings. The van der Waals surface area contributed by atoms with Gasteiger partial charge in [-0.3, -0.25) is 4.79 Å². The van der Waals surface area contributed by atoms with E-state index in [9.17, 15) is 4.79 Å². The Balaban J connectivity index is 2.69. The quantitative estimate of drug-likeness (QED) is 0.662. The van der Waals surface area contributed by atoms with Crippen LogP contribution in [0.4, 0.5) is 0 Å². The molecule has 1 aromatic carbocycles. The molecule has 14 heavy (non-hydrogen) atoms. The fourth-order valence-electron chi connectivity index (χ4n) is 1.29. The van der Waals surface area contributed by atoms with Gasteiger partial charge in [0.1, 0.15) is 0 Å². The normalized spacial score (nSPS) is 10.7. The number of rotatable bonds is 4. The predicted molar refractivity (Wildman–Crippen MR) is 60.1 cm³/mol. The molecule has 0 atom stereocenters. The van der Waals surface area contributed by atoms with E-state index in [0.29, 0.717) is 6.42 Å². The second-order valence-electron chi connectivity index (χ2n) is 3.41. The molecule has 74 valence electrons. The topological polar surface area (TPSA) is 17.1 Å². The van der Waals surface area contributed by atoms with Gasteiger partial charge in [0.25, 0.3) is 0 Å². The van der Waals surface area contributed by atoms with Gasteiger partial charge in [-0.05, 0) is 30.5 Å². The van der Waals surface area contributed by atoms with Crippen LogP contribution < -0.4 is 0 Å². The Labute approximate surface area is 85.5 Å². The van der Waals surface area contributed by atoms with E-state index in [0.717, 1.165) is 12.0 Å². The fourth-order valence-corrected chi connectivity index (χ4v) is 1.29. The predicted octanol–water partition coefficient (Wildman–Crippen LogP) is 3.38. The third-order valence-corrected chi connectivity index (χ3v) is 2.13. The second kappa shape index (κ2) is 5.38. The fraction of sp³-hybridized carbons (Fsp3) is 0.308. The van der Waals surface area contributed by atoms with Gasteiger partial charge in [-0.1, -0.05) is 37.3 Å². The summed E-state index contributed by atoms with van der Waals surface area (Å²) >= 11 is 0. The molecule has 0 saturated heterocycles. The summed E-state index contributed by atoms with van der Waals surface area (Å²) in [5.74, 6) is 0.204. The lowest BCUT2D eigenvalue weighted by Gasteiger charge is -1.97. The number of carbonyl (C=O) groups excluding carboxylic acids is 1. The molecule has 0 saturated carbocycles. The number of carbonyl (C=O) groups is 1. The van der Waals surface area contributed by atoms with Crippen LogP contribution in [0.5, 0.6) is 0 Å². The van der Waals surface area contributed by atoms with Gasteiger partial charge in [-0.15, -0.1) is 0 Å². The summed E-state index contributed by atoms with van der Waals surface area (Å²) in [6.07, 6.45) is 5.12. The molecule has 0 amide bonds. The van der Waals surface area contributed by atoms with Gasteiger partial charge in [0.05, 0.1) is 0 Å². The molecule has 1 aromatic rings. The highest BCUT2D eigenvalue weighted by atomic mass is 16.1. The van der Waals surface area contributed by atoms with Crippen molar-refractivity contribution in [2.24, 2.45) is 0 Å². The van der Waals surface area contributed by atoms with Crippen molar-refractivity contribution in [3.8, 4) is 0 Å². The van der Waals surface area contributed by atoms with Crippen molar-refractivity contribution in [1.82, 2.24) is 0 Å². The molecule has 0 aliphatic carbocycles. The molecule has 0 aliphatic heterocycles. The molecule has 0 bridgehead atoms. The molecule has 1 heteroatoms.